The van der Waals surface area contributed by atoms with Gasteiger partial charge in [-0.05, 0) is 22.7 Å². The van der Waals surface area contributed by atoms with Crippen LogP contribution in [0.5, 0.6) is 0 Å². The predicted molar refractivity (Wildman–Crippen MR) is 61.0 cm³/mol. The van der Waals surface area contributed by atoms with Gasteiger partial charge in [-0.1, -0.05) is 39.0 Å². The zero-order valence-electron chi connectivity index (χ0n) is 9.40. The summed E-state index contributed by atoms with van der Waals surface area (Å²) < 4.78 is 4.53. The summed E-state index contributed by atoms with van der Waals surface area (Å²) in [7, 11) is 0. The molecule has 0 aliphatic heterocycles. The first-order valence-electron chi connectivity index (χ1n) is 5.24. The van der Waals surface area contributed by atoms with E-state index in [2.05, 4.69) is 34.0 Å². The number of anilines is 1. The lowest BCUT2D eigenvalue weighted by Gasteiger charge is -2.09. The van der Waals surface area contributed by atoms with E-state index in [0.29, 0.717) is 17.4 Å². The van der Waals surface area contributed by atoms with E-state index in [-0.39, 0.29) is 0 Å². The first-order chi connectivity index (χ1) is 7.27. The molecule has 1 aromatic heterocycles. The molecule has 1 aliphatic carbocycles. The largest absolute Gasteiger partial charge is 0.379 e. The molecule has 15 heavy (non-hydrogen) atoms. The molecule has 1 heterocycles. The second-order valence-electron chi connectivity index (χ2n) is 3.23. The molecule has 1 atom stereocenters. The number of nitrogen functional groups attached to an aromatic ring is 1. The second kappa shape index (κ2) is 5.34. The van der Waals surface area contributed by atoms with Gasteiger partial charge in [-0.25, -0.2) is 4.63 Å². The van der Waals surface area contributed by atoms with Gasteiger partial charge in [-0.3, -0.25) is 0 Å². The standard InChI is InChI=1S/C9H11N3O.C2H6/c1-6-2-4-7(5-3-6)8-9(10)12-13-11-8;1-2/h2,4-6H,3H2,1H3,(H2,10,12);1-2H3. The summed E-state index contributed by atoms with van der Waals surface area (Å²) in [5, 5.41) is 7.26. The van der Waals surface area contributed by atoms with E-state index in [9.17, 15) is 0 Å². The van der Waals surface area contributed by atoms with E-state index < -0.39 is 0 Å². The predicted octanol–water partition coefficient (Wildman–Crippen LogP) is 2.66. The second-order valence-corrected chi connectivity index (χ2v) is 3.23. The summed E-state index contributed by atoms with van der Waals surface area (Å²) in [4.78, 5) is 0. The van der Waals surface area contributed by atoms with Crippen LogP contribution >= 0.6 is 0 Å². The number of nitrogens with zero attached hydrogens (tertiary/aromatic N) is 2. The van der Waals surface area contributed by atoms with Crippen LogP contribution in [0.4, 0.5) is 5.82 Å². The molecule has 0 spiro atoms. The van der Waals surface area contributed by atoms with E-state index in [1.54, 1.807) is 0 Å². The summed E-state index contributed by atoms with van der Waals surface area (Å²) >= 11 is 0. The minimum atomic E-state index is 0.352. The summed E-state index contributed by atoms with van der Waals surface area (Å²) in [6.07, 6.45) is 7.24. The van der Waals surface area contributed by atoms with Crippen molar-refractivity contribution < 1.29 is 4.63 Å². The molecule has 2 N–H and O–H groups in total. The highest BCUT2D eigenvalue weighted by Gasteiger charge is 2.12. The maximum atomic E-state index is 5.56. The Balaban J connectivity index is 0.000000531. The average molecular weight is 207 g/mol. The van der Waals surface area contributed by atoms with Gasteiger partial charge in [-0.2, -0.15) is 0 Å². The van der Waals surface area contributed by atoms with Crippen LogP contribution in [0.15, 0.2) is 22.9 Å². The molecule has 0 fully saturated rings. The molecule has 0 saturated carbocycles. The highest BCUT2D eigenvalue weighted by atomic mass is 16.6. The summed E-state index contributed by atoms with van der Waals surface area (Å²) in [5.41, 5.74) is 7.20. The lowest BCUT2D eigenvalue weighted by Crippen LogP contribution is -1.97. The van der Waals surface area contributed by atoms with Crippen molar-refractivity contribution >= 4 is 11.4 Å². The van der Waals surface area contributed by atoms with Gasteiger partial charge < -0.3 is 5.73 Å². The maximum absolute atomic E-state index is 5.56. The normalized spacial score (nSPS) is 19.1. The van der Waals surface area contributed by atoms with Crippen LogP contribution in [0.25, 0.3) is 5.57 Å². The van der Waals surface area contributed by atoms with E-state index in [1.165, 1.54) is 0 Å². The van der Waals surface area contributed by atoms with Gasteiger partial charge in [0.05, 0.1) is 0 Å². The van der Waals surface area contributed by atoms with E-state index in [4.69, 9.17) is 5.73 Å². The van der Waals surface area contributed by atoms with E-state index >= 15 is 0 Å². The van der Waals surface area contributed by atoms with Gasteiger partial charge in [-0.15, -0.1) is 0 Å². The van der Waals surface area contributed by atoms with Crippen LogP contribution in [-0.2, 0) is 0 Å². The topological polar surface area (TPSA) is 64.9 Å². The Morgan fingerprint density at radius 3 is 2.60 bits per heavy atom. The van der Waals surface area contributed by atoms with E-state index in [0.717, 1.165) is 12.0 Å². The van der Waals surface area contributed by atoms with Crippen LogP contribution in [0.3, 0.4) is 0 Å². The average Bonchev–Trinajstić information content (AvgIpc) is 2.69. The molecule has 82 valence electrons. The van der Waals surface area contributed by atoms with Crippen molar-refractivity contribution in [1.29, 1.82) is 0 Å². The molecule has 1 aliphatic rings. The maximum Gasteiger partial charge on any atom is 0.196 e. The van der Waals surface area contributed by atoms with Crippen molar-refractivity contribution in [2.45, 2.75) is 27.2 Å². The van der Waals surface area contributed by atoms with Gasteiger partial charge >= 0.3 is 0 Å². The SMILES string of the molecule is CC.CC1C=CC(c2nonc2N)=CC1. The first-order valence-corrected chi connectivity index (χ1v) is 5.24. The lowest BCUT2D eigenvalue weighted by atomic mass is 9.97. The van der Waals surface area contributed by atoms with Crippen LogP contribution in [0.1, 0.15) is 32.9 Å². The summed E-state index contributed by atoms with van der Waals surface area (Å²) in [6.45, 7) is 6.16. The summed E-state index contributed by atoms with van der Waals surface area (Å²) in [5.74, 6) is 0.940. The molecule has 0 radical (unpaired) electrons. The summed E-state index contributed by atoms with van der Waals surface area (Å²) in [6, 6.07) is 0. The van der Waals surface area contributed by atoms with Crippen molar-refractivity contribution in [3.8, 4) is 0 Å². The Labute approximate surface area is 89.8 Å². The Hall–Kier alpha value is -1.58. The molecule has 4 heteroatoms. The van der Waals surface area contributed by atoms with Gasteiger partial charge in [0.1, 0.15) is 0 Å². The van der Waals surface area contributed by atoms with Crippen LogP contribution in [0.2, 0.25) is 0 Å². The third-order valence-corrected chi connectivity index (χ3v) is 2.10. The molecule has 2 rings (SSSR count). The third kappa shape index (κ3) is 2.68. The minimum absolute atomic E-state index is 0.352. The fourth-order valence-corrected chi connectivity index (χ4v) is 1.30. The van der Waals surface area contributed by atoms with Gasteiger partial charge in [0.15, 0.2) is 11.5 Å². The fourth-order valence-electron chi connectivity index (χ4n) is 1.30. The molecule has 0 saturated heterocycles. The lowest BCUT2D eigenvalue weighted by molar-refractivity contribution is 0.308. The molecule has 4 nitrogen and oxygen atoms in total. The van der Waals surface area contributed by atoms with Crippen LogP contribution < -0.4 is 5.73 Å². The van der Waals surface area contributed by atoms with Crippen molar-refractivity contribution in [2.24, 2.45) is 5.92 Å². The Morgan fingerprint density at radius 2 is 2.13 bits per heavy atom. The Morgan fingerprint density at radius 1 is 1.40 bits per heavy atom. The number of hydrogen-bond acceptors (Lipinski definition) is 4. The Kier molecular flexibility index (Phi) is 4.09. The van der Waals surface area contributed by atoms with Gasteiger partial charge in [0, 0.05) is 5.57 Å². The molecule has 0 aromatic carbocycles. The Bertz CT molecular complexity index is 366. The van der Waals surface area contributed by atoms with Crippen molar-refractivity contribution in [2.75, 3.05) is 5.73 Å². The third-order valence-electron chi connectivity index (χ3n) is 2.10. The van der Waals surface area contributed by atoms with Gasteiger partial charge in [0.2, 0.25) is 0 Å². The van der Waals surface area contributed by atoms with Crippen molar-refractivity contribution in [1.82, 2.24) is 10.3 Å². The molecule has 0 bridgehead atoms. The van der Waals surface area contributed by atoms with Crippen molar-refractivity contribution in [3.05, 3.63) is 23.9 Å². The van der Waals surface area contributed by atoms with Crippen LogP contribution in [-0.4, -0.2) is 10.3 Å². The monoisotopic (exact) mass is 207 g/mol. The fraction of sp³-hybridized carbons (Fsp3) is 0.455. The smallest absolute Gasteiger partial charge is 0.196 e. The molecule has 1 aromatic rings. The highest BCUT2D eigenvalue weighted by molar-refractivity contribution is 5.77. The molecular formula is C11H17N3O. The first kappa shape index (κ1) is 11.5. The van der Waals surface area contributed by atoms with E-state index in [1.807, 2.05) is 19.9 Å². The molecule has 0 amide bonds. The number of rotatable bonds is 1. The number of hydrogen-bond donors (Lipinski definition) is 1. The van der Waals surface area contributed by atoms with Gasteiger partial charge in [0.25, 0.3) is 0 Å². The van der Waals surface area contributed by atoms with Crippen molar-refractivity contribution in [3.63, 3.8) is 0 Å². The molecule has 1 unspecified atom stereocenters. The number of allylic oxidation sites excluding steroid dienone is 4. The number of nitrogens with two attached hydrogens (primary N) is 1. The number of aromatic nitrogens is 2. The zero-order valence-corrected chi connectivity index (χ0v) is 9.40. The zero-order chi connectivity index (χ0) is 11.3. The quantitative estimate of drug-likeness (QED) is 0.768. The highest BCUT2D eigenvalue weighted by Crippen LogP contribution is 2.25. The van der Waals surface area contributed by atoms with Crippen LogP contribution in [0, 0.1) is 5.92 Å². The minimum Gasteiger partial charge on any atom is -0.379 e. The molecular weight excluding hydrogens is 190 g/mol.